The van der Waals surface area contributed by atoms with E-state index in [1.165, 1.54) is 0 Å². The van der Waals surface area contributed by atoms with Crippen LogP contribution in [0, 0.1) is 5.82 Å². The number of carboxylic acids is 1. The lowest BCUT2D eigenvalue weighted by Crippen LogP contribution is -2.37. The van der Waals surface area contributed by atoms with Crippen molar-refractivity contribution in [2.45, 2.75) is 24.9 Å². The summed E-state index contributed by atoms with van der Waals surface area (Å²) in [4.78, 5) is 46.1. The lowest BCUT2D eigenvalue weighted by atomic mass is 10.2. The van der Waals surface area contributed by atoms with Gasteiger partial charge in [-0.3, -0.25) is 19.1 Å². The van der Waals surface area contributed by atoms with Crippen molar-refractivity contribution < 1.29 is 28.9 Å². The number of aliphatic hydroxyl groups excluding tert-OH is 1. The molecule has 0 radical (unpaired) electrons. The minimum Gasteiger partial charge on any atom is -0.478 e. The first-order chi connectivity index (χ1) is 11.3. The molecule has 1 fully saturated rings. The van der Waals surface area contributed by atoms with Gasteiger partial charge in [0.15, 0.2) is 0 Å². The average Bonchev–Trinajstić information content (AvgIpc) is 2.87. The standard InChI is InChI=1S/C13H14FN3O7/c14-6-5-17(13(23)16-12(6)22)10-3-7(18)8(24-10)4-15-9(19)1-2-11(20)21/h1-2,5,7-8,10,18H,3-4H2,(H,15,19)(H,20,21)(H,16,22,23)/b2-1-/t7-,8+,10+/m0/s1. The Hall–Kier alpha value is -2.79. The number of hydrogen-bond acceptors (Lipinski definition) is 6. The van der Waals surface area contributed by atoms with Crippen LogP contribution in [0.1, 0.15) is 12.6 Å². The molecule has 11 heteroatoms. The number of nitrogens with zero attached hydrogens (tertiary/aromatic N) is 1. The largest absolute Gasteiger partial charge is 0.478 e. The number of aromatic amines is 1. The van der Waals surface area contributed by atoms with Gasteiger partial charge in [-0.25, -0.2) is 9.59 Å². The number of rotatable bonds is 5. The molecule has 10 nitrogen and oxygen atoms in total. The summed E-state index contributed by atoms with van der Waals surface area (Å²) in [7, 11) is 0. The highest BCUT2D eigenvalue weighted by Crippen LogP contribution is 2.27. The minimum absolute atomic E-state index is 0.0586. The molecule has 1 aliphatic heterocycles. The number of hydrogen-bond donors (Lipinski definition) is 4. The van der Waals surface area contributed by atoms with Crippen molar-refractivity contribution in [1.29, 1.82) is 0 Å². The van der Waals surface area contributed by atoms with Crippen LogP contribution in [0.2, 0.25) is 0 Å². The van der Waals surface area contributed by atoms with E-state index in [0.29, 0.717) is 12.3 Å². The fourth-order valence-corrected chi connectivity index (χ4v) is 2.15. The SMILES string of the molecule is O=C(O)/C=C\C(=O)NC[C@H]1O[C@@H](n2cc(F)c(=O)[nH]c2=O)C[C@@H]1O. The van der Waals surface area contributed by atoms with Gasteiger partial charge in [0.05, 0.1) is 12.3 Å². The molecule has 24 heavy (non-hydrogen) atoms. The fraction of sp³-hybridized carbons (Fsp3) is 0.385. The Morgan fingerprint density at radius 2 is 2.17 bits per heavy atom. The van der Waals surface area contributed by atoms with E-state index in [2.05, 4.69) is 5.32 Å². The van der Waals surface area contributed by atoms with Crippen LogP contribution in [-0.4, -0.2) is 50.4 Å². The first-order valence-corrected chi connectivity index (χ1v) is 6.81. The van der Waals surface area contributed by atoms with Gasteiger partial charge in [-0.1, -0.05) is 0 Å². The molecular weight excluding hydrogens is 329 g/mol. The molecule has 0 unspecified atom stereocenters. The van der Waals surface area contributed by atoms with Crippen LogP contribution in [0.4, 0.5) is 4.39 Å². The van der Waals surface area contributed by atoms with Crippen molar-refractivity contribution in [3.05, 3.63) is 45.0 Å². The predicted octanol–water partition coefficient (Wildman–Crippen LogP) is -1.92. The molecule has 1 amide bonds. The number of amides is 1. The molecule has 2 heterocycles. The first kappa shape index (κ1) is 17.6. The van der Waals surface area contributed by atoms with Crippen LogP contribution in [0.5, 0.6) is 0 Å². The molecule has 1 aromatic rings. The van der Waals surface area contributed by atoms with Crippen molar-refractivity contribution in [2.75, 3.05) is 6.54 Å². The van der Waals surface area contributed by atoms with Gasteiger partial charge in [0, 0.05) is 25.1 Å². The number of nitrogens with one attached hydrogen (secondary N) is 2. The summed E-state index contributed by atoms with van der Waals surface area (Å²) in [6.45, 7) is -0.152. The molecule has 2 rings (SSSR count). The highest BCUT2D eigenvalue weighted by Gasteiger charge is 2.35. The van der Waals surface area contributed by atoms with Gasteiger partial charge in [0.25, 0.3) is 5.56 Å². The van der Waals surface area contributed by atoms with Gasteiger partial charge in [-0.05, 0) is 0 Å². The summed E-state index contributed by atoms with van der Waals surface area (Å²) >= 11 is 0. The van der Waals surface area contributed by atoms with Crippen molar-refractivity contribution in [2.24, 2.45) is 0 Å². The van der Waals surface area contributed by atoms with E-state index in [1.54, 1.807) is 4.98 Å². The molecule has 0 bridgehead atoms. The Morgan fingerprint density at radius 3 is 2.83 bits per heavy atom. The number of carboxylic acid groups (broad SMARTS) is 1. The third-order valence-corrected chi connectivity index (χ3v) is 3.29. The van der Waals surface area contributed by atoms with Crippen LogP contribution >= 0.6 is 0 Å². The zero-order valence-corrected chi connectivity index (χ0v) is 12.1. The zero-order valence-electron chi connectivity index (χ0n) is 12.1. The van der Waals surface area contributed by atoms with E-state index in [9.17, 15) is 28.7 Å². The molecule has 0 spiro atoms. The molecule has 0 aliphatic carbocycles. The maximum absolute atomic E-state index is 13.3. The summed E-state index contributed by atoms with van der Waals surface area (Å²) in [5, 5.41) is 20.6. The summed E-state index contributed by atoms with van der Waals surface area (Å²) in [5.74, 6) is -3.17. The number of aromatic nitrogens is 2. The smallest absolute Gasteiger partial charge is 0.330 e. The Kier molecular flexibility index (Phi) is 5.26. The molecule has 0 saturated carbocycles. The van der Waals surface area contributed by atoms with Crippen LogP contribution < -0.4 is 16.6 Å². The normalized spacial score (nSPS) is 23.5. The van der Waals surface area contributed by atoms with Gasteiger partial charge < -0.3 is 20.3 Å². The Bertz CT molecular complexity index is 785. The van der Waals surface area contributed by atoms with E-state index in [4.69, 9.17) is 9.84 Å². The fourth-order valence-electron chi connectivity index (χ4n) is 2.15. The zero-order chi connectivity index (χ0) is 17.9. The van der Waals surface area contributed by atoms with Crippen molar-refractivity contribution in [1.82, 2.24) is 14.9 Å². The molecule has 0 aromatic carbocycles. The lowest BCUT2D eigenvalue weighted by molar-refractivity contribution is -0.131. The quantitative estimate of drug-likeness (QED) is 0.455. The van der Waals surface area contributed by atoms with Crippen molar-refractivity contribution >= 4 is 11.9 Å². The van der Waals surface area contributed by atoms with Gasteiger partial charge in [0.1, 0.15) is 12.3 Å². The van der Waals surface area contributed by atoms with Gasteiger partial charge in [0.2, 0.25) is 11.7 Å². The summed E-state index contributed by atoms with van der Waals surface area (Å²) in [5.41, 5.74) is -2.06. The molecule has 1 aliphatic rings. The van der Waals surface area contributed by atoms with Crippen molar-refractivity contribution in [3.8, 4) is 0 Å². The van der Waals surface area contributed by atoms with E-state index in [-0.39, 0.29) is 13.0 Å². The third kappa shape index (κ3) is 4.14. The molecular formula is C13H14FN3O7. The van der Waals surface area contributed by atoms with E-state index >= 15 is 0 Å². The molecule has 1 aromatic heterocycles. The van der Waals surface area contributed by atoms with Crippen LogP contribution in [0.15, 0.2) is 27.9 Å². The number of carbonyl (C=O) groups is 2. The highest BCUT2D eigenvalue weighted by molar-refractivity contribution is 5.93. The number of carbonyl (C=O) groups excluding carboxylic acids is 1. The second-order valence-electron chi connectivity index (χ2n) is 4.99. The summed E-state index contributed by atoms with van der Waals surface area (Å²) in [6.07, 6.45) is -0.906. The number of halogens is 1. The van der Waals surface area contributed by atoms with Crippen LogP contribution in [-0.2, 0) is 14.3 Å². The number of H-pyrrole nitrogens is 1. The number of aliphatic hydroxyl groups is 1. The van der Waals surface area contributed by atoms with E-state index in [0.717, 1.165) is 10.6 Å². The highest BCUT2D eigenvalue weighted by atomic mass is 19.1. The van der Waals surface area contributed by atoms with E-state index in [1.807, 2.05) is 0 Å². The maximum Gasteiger partial charge on any atom is 0.330 e. The summed E-state index contributed by atoms with van der Waals surface area (Å²) in [6, 6.07) is 0. The van der Waals surface area contributed by atoms with Crippen LogP contribution in [0.25, 0.3) is 0 Å². The maximum atomic E-state index is 13.3. The topological polar surface area (TPSA) is 151 Å². The van der Waals surface area contributed by atoms with Gasteiger partial charge in [-0.15, -0.1) is 0 Å². The Morgan fingerprint density at radius 1 is 1.46 bits per heavy atom. The average molecular weight is 343 g/mol. The molecule has 130 valence electrons. The monoisotopic (exact) mass is 343 g/mol. The van der Waals surface area contributed by atoms with E-state index < -0.39 is 47.4 Å². The molecule has 3 atom stereocenters. The van der Waals surface area contributed by atoms with Gasteiger partial charge >= 0.3 is 11.7 Å². The summed E-state index contributed by atoms with van der Waals surface area (Å²) < 4.78 is 19.5. The molecule has 1 saturated heterocycles. The van der Waals surface area contributed by atoms with Gasteiger partial charge in [-0.2, -0.15) is 4.39 Å². The second kappa shape index (κ2) is 7.19. The second-order valence-corrected chi connectivity index (χ2v) is 4.99. The Balaban J connectivity index is 2.01. The Labute approximate surface area is 133 Å². The minimum atomic E-state index is -1.29. The third-order valence-electron chi connectivity index (χ3n) is 3.29. The number of aliphatic carboxylic acids is 1. The lowest BCUT2D eigenvalue weighted by Gasteiger charge is -2.16. The molecule has 4 N–H and O–H groups in total. The number of ether oxygens (including phenoxy) is 1. The first-order valence-electron chi connectivity index (χ1n) is 6.81. The predicted molar refractivity (Wildman–Crippen MR) is 75.6 cm³/mol. The van der Waals surface area contributed by atoms with Crippen molar-refractivity contribution in [3.63, 3.8) is 0 Å². The van der Waals surface area contributed by atoms with Crippen LogP contribution in [0.3, 0.4) is 0 Å².